The molecule has 1 rings (SSSR count). The molecule has 0 spiro atoms. The number of carboxylic acids is 1. The van der Waals surface area contributed by atoms with Crippen molar-refractivity contribution in [1.29, 1.82) is 0 Å². The van der Waals surface area contributed by atoms with Gasteiger partial charge in [0.15, 0.2) is 9.84 Å². The summed E-state index contributed by atoms with van der Waals surface area (Å²) in [5.74, 6) is -0.476. The number of methoxy groups -OCH3 is 1. The molecule has 0 amide bonds. The molecule has 0 saturated carbocycles. The van der Waals surface area contributed by atoms with E-state index in [1.165, 1.54) is 0 Å². The van der Waals surface area contributed by atoms with Crippen LogP contribution in [0.2, 0.25) is 0 Å². The van der Waals surface area contributed by atoms with E-state index in [0.29, 0.717) is 11.5 Å². The van der Waals surface area contributed by atoms with Gasteiger partial charge in [0.2, 0.25) is 0 Å². The number of ether oxygens (including phenoxy) is 2. The van der Waals surface area contributed by atoms with Crippen LogP contribution in [-0.2, 0) is 14.6 Å². The van der Waals surface area contributed by atoms with Crippen molar-refractivity contribution >= 4 is 15.8 Å². The van der Waals surface area contributed by atoms with Crippen molar-refractivity contribution in [2.75, 3.05) is 25.2 Å². The van der Waals surface area contributed by atoms with Crippen LogP contribution in [0.5, 0.6) is 11.5 Å². The quantitative estimate of drug-likeness (QED) is 0.766. The fraction of sp³-hybridized carbons (Fsp3) is 0.417. The van der Waals surface area contributed by atoms with Crippen LogP contribution >= 0.6 is 0 Å². The third-order valence-corrected chi connectivity index (χ3v) is 3.96. The summed E-state index contributed by atoms with van der Waals surface area (Å²) in [5.41, 5.74) is 0. The van der Waals surface area contributed by atoms with Crippen LogP contribution in [-0.4, -0.2) is 44.7 Å². The predicted molar refractivity (Wildman–Crippen MR) is 69.4 cm³/mol. The van der Waals surface area contributed by atoms with Crippen molar-refractivity contribution in [3.8, 4) is 11.5 Å². The average molecular weight is 288 g/mol. The molecule has 0 aliphatic rings. The third-order valence-electron chi connectivity index (χ3n) is 2.35. The summed E-state index contributed by atoms with van der Waals surface area (Å²) in [5, 5.41) is 8.42. The van der Waals surface area contributed by atoms with E-state index in [0.717, 1.165) is 0 Å². The molecule has 19 heavy (non-hydrogen) atoms. The number of carboxylic acid groups (broad SMARTS) is 1. The van der Waals surface area contributed by atoms with Crippen molar-refractivity contribution in [3.63, 3.8) is 0 Å². The molecule has 1 N–H and O–H groups in total. The standard InChI is InChI=1S/C12H16O6S/c1-17-10-2-4-11(5-3-10)18-7-9-19(15,16)8-6-12(13)14/h2-5H,6-9H2,1H3,(H,13,14). The van der Waals surface area contributed by atoms with E-state index in [-0.39, 0.29) is 24.5 Å². The minimum absolute atomic E-state index is 0.00567. The molecule has 0 bridgehead atoms. The molecule has 7 heteroatoms. The summed E-state index contributed by atoms with van der Waals surface area (Å²) in [6.07, 6.45) is -0.384. The van der Waals surface area contributed by atoms with Gasteiger partial charge < -0.3 is 14.6 Å². The van der Waals surface area contributed by atoms with E-state index in [2.05, 4.69) is 0 Å². The van der Waals surface area contributed by atoms with Gasteiger partial charge in [0.25, 0.3) is 0 Å². The number of rotatable bonds is 8. The maximum absolute atomic E-state index is 11.5. The van der Waals surface area contributed by atoms with Crippen molar-refractivity contribution in [2.24, 2.45) is 0 Å². The van der Waals surface area contributed by atoms with Gasteiger partial charge in [-0.2, -0.15) is 0 Å². The highest BCUT2D eigenvalue weighted by atomic mass is 32.2. The maximum atomic E-state index is 11.5. The lowest BCUT2D eigenvalue weighted by molar-refractivity contribution is -0.136. The summed E-state index contributed by atoms with van der Waals surface area (Å²) in [4.78, 5) is 10.3. The van der Waals surface area contributed by atoms with Crippen LogP contribution in [0.1, 0.15) is 6.42 Å². The minimum Gasteiger partial charge on any atom is -0.497 e. The van der Waals surface area contributed by atoms with Gasteiger partial charge >= 0.3 is 5.97 Å². The van der Waals surface area contributed by atoms with Crippen molar-refractivity contribution in [3.05, 3.63) is 24.3 Å². The molecular weight excluding hydrogens is 272 g/mol. The van der Waals surface area contributed by atoms with E-state index in [1.54, 1.807) is 31.4 Å². The zero-order valence-electron chi connectivity index (χ0n) is 10.5. The fourth-order valence-electron chi connectivity index (χ4n) is 1.30. The number of aliphatic carboxylic acids is 1. The molecule has 0 aromatic heterocycles. The Hall–Kier alpha value is -1.76. The monoisotopic (exact) mass is 288 g/mol. The third kappa shape index (κ3) is 6.10. The molecule has 0 unspecified atom stereocenters. The normalized spacial score (nSPS) is 11.0. The van der Waals surface area contributed by atoms with Gasteiger partial charge in [-0.25, -0.2) is 8.42 Å². The Kier molecular flexibility index (Phi) is 5.62. The first-order valence-electron chi connectivity index (χ1n) is 5.62. The molecule has 6 nitrogen and oxygen atoms in total. The molecule has 0 radical (unpaired) electrons. The Balaban J connectivity index is 2.38. The second kappa shape index (κ2) is 6.98. The molecule has 0 saturated heterocycles. The minimum atomic E-state index is -3.39. The van der Waals surface area contributed by atoms with Crippen molar-refractivity contribution < 1.29 is 27.8 Å². The van der Waals surface area contributed by atoms with Crippen LogP contribution in [0.25, 0.3) is 0 Å². The van der Waals surface area contributed by atoms with E-state index in [4.69, 9.17) is 14.6 Å². The summed E-state index contributed by atoms with van der Waals surface area (Å²) >= 11 is 0. The van der Waals surface area contributed by atoms with Crippen LogP contribution in [0.3, 0.4) is 0 Å². The van der Waals surface area contributed by atoms with Crippen molar-refractivity contribution in [2.45, 2.75) is 6.42 Å². The first kappa shape index (κ1) is 15.3. The average Bonchev–Trinajstić information content (AvgIpc) is 2.37. The number of sulfone groups is 1. The molecule has 1 aromatic rings. The first-order chi connectivity index (χ1) is 8.93. The second-order valence-corrected chi connectivity index (χ2v) is 6.12. The summed E-state index contributed by atoms with van der Waals surface area (Å²) in [6.45, 7) is -0.00567. The van der Waals surface area contributed by atoms with E-state index >= 15 is 0 Å². The Morgan fingerprint density at radius 1 is 1.16 bits per heavy atom. The molecule has 0 aliphatic carbocycles. The van der Waals surface area contributed by atoms with Gasteiger partial charge in [-0.15, -0.1) is 0 Å². The Labute approximate surface area is 111 Å². The van der Waals surface area contributed by atoms with Gasteiger partial charge in [-0.1, -0.05) is 0 Å². The van der Waals surface area contributed by atoms with Gasteiger partial charge in [-0.3, -0.25) is 4.79 Å². The van der Waals surface area contributed by atoms with E-state index in [1.807, 2.05) is 0 Å². The zero-order valence-corrected chi connectivity index (χ0v) is 11.4. The van der Waals surface area contributed by atoms with Gasteiger partial charge in [0, 0.05) is 0 Å². The summed E-state index contributed by atoms with van der Waals surface area (Å²) in [6, 6.07) is 6.74. The van der Waals surface area contributed by atoms with Crippen LogP contribution in [0.15, 0.2) is 24.3 Å². The van der Waals surface area contributed by atoms with Gasteiger partial charge in [0.05, 0.1) is 25.0 Å². The predicted octanol–water partition coefficient (Wildman–Crippen LogP) is 0.964. The van der Waals surface area contributed by atoms with Crippen LogP contribution < -0.4 is 9.47 Å². The molecule has 1 aromatic carbocycles. The SMILES string of the molecule is COc1ccc(OCCS(=O)(=O)CCC(=O)O)cc1. The number of hydrogen-bond acceptors (Lipinski definition) is 5. The molecule has 106 valence electrons. The van der Waals surface area contributed by atoms with Gasteiger partial charge in [-0.05, 0) is 24.3 Å². The largest absolute Gasteiger partial charge is 0.497 e. The zero-order chi connectivity index (χ0) is 14.3. The topological polar surface area (TPSA) is 89.9 Å². The van der Waals surface area contributed by atoms with Gasteiger partial charge in [0.1, 0.15) is 18.1 Å². The van der Waals surface area contributed by atoms with Crippen molar-refractivity contribution in [1.82, 2.24) is 0 Å². The van der Waals surface area contributed by atoms with Crippen LogP contribution in [0, 0.1) is 0 Å². The summed E-state index contributed by atoms with van der Waals surface area (Å²) in [7, 11) is -1.84. The lowest BCUT2D eigenvalue weighted by Crippen LogP contribution is -2.18. The number of carbonyl (C=O) groups is 1. The second-order valence-electron chi connectivity index (χ2n) is 3.82. The Morgan fingerprint density at radius 3 is 2.26 bits per heavy atom. The number of benzene rings is 1. The highest BCUT2D eigenvalue weighted by molar-refractivity contribution is 7.91. The Bertz CT molecular complexity index is 506. The molecular formula is C12H16O6S. The molecule has 0 atom stereocenters. The van der Waals surface area contributed by atoms with Crippen LogP contribution in [0.4, 0.5) is 0 Å². The molecule has 0 heterocycles. The highest BCUT2D eigenvalue weighted by Gasteiger charge is 2.13. The molecule has 0 fully saturated rings. The van der Waals surface area contributed by atoms with E-state index in [9.17, 15) is 13.2 Å². The first-order valence-corrected chi connectivity index (χ1v) is 7.44. The maximum Gasteiger partial charge on any atom is 0.304 e. The lowest BCUT2D eigenvalue weighted by Gasteiger charge is -2.07. The molecule has 0 aliphatic heterocycles. The fourth-order valence-corrected chi connectivity index (χ4v) is 2.33. The smallest absolute Gasteiger partial charge is 0.304 e. The lowest BCUT2D eigenvalue weighted by atomic mass is 10.3. The van der Waals surface area contributed by atoms with E-state index < -0.39 is 15.8 Å². The number of hydrogen-bond donors (Lipinski definition) is 1. The Morgan fingerprint density at radius 2 is 1.74 bits per heavy atom. The summed E-state index contributed by atoms with van der Waals surface area (Å²) < 4.78 is 33.2. The highest BCUT2D eigenvalue weighted by Crippen LogP contribution is 2.16.